The van der Waals surface area contributed by atoms with Crippen LogP contribution in [0.25, 0.3) is 16.6 Å². The molecule has 0 saturated carbocycles. The third kappa shape index (κ3) is 2.94. The van der Waals surface area contributed by atoms with Crippen LogP contribution in [0.3, 0.4) is 0 Å². The number of nitrogens with zero attached hydrogens (tertiary/aromatic N) is 3. The average Bonchev–Trinajstić information content (AvgIpc) is 2.92. The molecular weight excluding hydrogens is 309 g/mol. The van der Waals surface area contributed by atoms with Crippen molar-refractivity contribution in [3.8, 4) is 5.69 Å². The number of hydrogen-bond acceptors (Lipinski definition) is 4. The predicted molar refractivity (Wildman–Crippen MR) is 80.6 cm³/mol. The van der Waals surface area contributed by atoms with E-state index in [4.69, 9.17) is 21.4 Å². The molecular formula is C15H13ClFN3O2. The SMILES string of the molecule is OCCOCc1nc(Cl)cc2cnn(-c3ccc(F)cc3)c12. The first-order valence-electron chi connectivity index (χ1n) is 6.67. The number of aliphatic hydroxyl groups excluding tert-OH is 1. The van der Waals surface area contributed by atoms with Crippen molar-refractivity contribution in [2.45, 2.75) is 6.61 Å². The second-order valence-electron chi connectivity index (χ2n) is 4.64. The Hall–Kier alpha value is -2.02. The van der Waals surface area contributed by atoms with E-state index in [1.54, 1.807) is 29.1 Å². The zero-order chi connectivity index (χ0) is 15.5. The molecule has 0 bridgehead atoms. The Morgan fingerprint density at radius 1 is 1.27 bits per heavy atom. The molecule has 5 nitrogen and oxygen atoms in total. The lowest BCUT2D eigenvalue weighted by atomic mass is 10.2. The number of rotatable bonds is 5. The van der Waals surface area contributed by atoms with E-state index in [-0.39, 0.29) is 25.6 Å². The lowest BCUT2D eigenvalue weighted by Crippen LogP contribution is -2.05. The molecule has 114 valence electrons. The Labute approximate surface area is 130 Å². The fraction of sp³-hybridized carbons (Fsp3) is 0.200. The summed E-state index contributed by atoms with van der Waals surface area (Å²) in [6.45, 7) is 0.339. The van der Waals surface area contributed by atoms with Gasteiger partial charge in [-0.1, -0.05) is 11.6 Å². The second-order valence-corrected chi connectivity index (χ2v) is 5.03. The minimum atomic E-state index is -0.312. The maximum absolute atomic E-state index is 13.1. The van der Waals surface area contributed by atoms with E-state index in [0.717, 1.165) is 10.9 Å². The molecule has 2 heterocycles. The van der Waals surface area contributed by atoms with Gasteiger partial charge in [-0.25, -0.2) is 14.1 Å². The molecule has 0 aliphatic carbocycles. The normalized spacial score (nSPS) is 11.2. The molecule has 0 fully saturated rings. The maximum atomic E-state index is 13.1. The van der Waals surface area contributed by atoms with Crippen LogP contribution in [0.4, 0.5) is 4.39 Å². The summed E-state index contributed by atoms with van der Waals surface area (Å²) in [6.07, 6.45) is 1.67. The van der Waals surface area contributed by atoms with Crippen LogP contribution in [-0.2, 0) is 11.3 Å². The minimum Gasteiger partial charge on any atom is -0.394 e. The molecule has 0 spiro atoms. The van der Waals surface area contributed by atoms with Gasteiger partial charge in [-0.15, -0.1) is 0 Å². The van der Waals surface area contributed by atoms with Crippen molar-refractivity contribution < 1.29 is 14.2 Å². The standard InChI is InChI=1S/C15H13ClFN3O2/c16-14-7-10-8-18-20(12-3-1-11(17)2-4-12)15(10)13(19-14)9-22-6-5-21/h1-4,7-8,21H,5-6,9H2. The highest BCUT2D eigenvalue weighted by Crippen LogP contribution is 2.24. The lowest BCUT2D eigenvalue weighted by Gasteiger charge is -2.08. The largest absolute Gasteiger partial charge is 0.394 e. The molecule has 1 aromatic carbocycles. The van der Waals surface area contributed by atoms with Crippen LogP contribution in [0.2, 0.25) is 5.15 Å². The number of halogens is 2. The summed E-state index contributed by atoms with van der Waals surface area (Å²) in [5, 5.41) is 14.3. The van der Waals surface area contributed by atoms with E-state index < -0.39 is 0 Å². The van der Waals surface area contributed by atoms with Crippen molar-refractivity contribution in [1.29, 1.82) is 0 Å². The molecule has 1 N–H and O–H groups in total. The monoisotopic (exact) mass is 321 g/mol. The molecule has 2 aromatic heterocycles. The van der Waals surface area contributed by atoms with Gasteiger partial charge >= 0.3 is 0 Å². The molecule has 0 unspecified atom stereocenters. The predicted octanol–water partition coefficient (Wildman–Crippen LogP) is 2.72. The minimum absolute atomic E-state index is 0.0685. The molecule has 0 radical (unpaired) electrons. The Kier molecular flexibility index (Phi) is 4.33. The first-order valence-corrected chi connectivity index (χ1v) is 7.04. The van der Waals surface area contributed by atoms with Gasteiger partial charge < -0.3 is 9.84 Å². The zero-order valence-corrected chi connectivity index (χ0v) is 12.3. The summed E-state index contributed by atoms with van der Waals surface area (Å²) in [7, 11) is 0. The smallest absolute Gasteiger partial charge is 0.130 e. The highest BCUT2D eigenvalue weighted by atomic mass is 35.5. The summed E-state index contributed by atoms with van der Waals surface area (Å²) >= 11 is 6.01. The molecule has 0 aliphatic heterocycles. The first kappa shape index (κ1) is 14.9. The third-order valence-electron chi connectivity index (χ3n) is 3.13. The van der Waals surface area contributed by atoms with Crippen molar-refractivity contribution >= 4 is 22.5 Å². The number of aromatic nitrogens is 3. The van der Waals surface area contributed by atoms with Crippen LogP contribution in [-0.4, -0.2) is 33.1 Å². The van der Waals surface area contributed by atoms with E-state index in [9.17, 15) is 4.39 Å². The second kappa shape index (κ2) is 6.39. The van der Waals surface area contributed by atoms with Gasteiger partial charge in [-0.2, -0.15) is 5.10 Å². The molecule has 0 atom stereocenters. The number of hydrogen-bond donors (Lipinski definition) is 1. The highest BCUT2D eigenvalue weighted by Gasteiger charge is 2.13. The number of aliphatic hydroxyl groups is 1. The van der Waals surface area contributed by atoms with Crippen LogP contribution < -0.4 is 0 Å². The Balaban J connectivity index is 2.09. The van der Waals surface area contributed by atoms with E-state index >= 15 is 0 Å². The summed E-state index contributed by atoms with van der Waals surface area (Å²) in [6, 6.07) is 7.71. The quantitative estimate of drug-likeness (QED) is 0.580. The van der Waals surface area contributed by atoms with Gasteiger partial charge in [0.1, 0.15) is 11.0 Å². The molecule has 0 amide bonds. The van der Waals surface area contributed by atoms with Crippen molar-refractivity contribution in [3.63, 3.8) is 0 Å². The molecule has 0 aliphatic rings. The number of pyridine rings is 1. The molecule has 7 heteroatoms. The lowest BCUT2D eigenvalue weighted by molar-refractivity contribution is 0.0802. The van der Waals surface area contributed by atoms with Gasteiger partial charge in [0, 0.05) is 5.39 Å². The first-order chi connectivity index (χ1) is 10.7. The summed E-state index contributed by atoms with van der Waals surface area (Å²) in [4.78, 5) is 4.27. The fourth-order valence-electron chi connectivity index (χ4n) is 2.21. The van der Waals surface area contributed by atoms with Crippen molar-refractivity contribution in [3.05, 3.63) is 53.2 Å². The van der Waals surface area contributed by atoms with Gasteiger partial charge in [0.05, 0.1) is 42.9 Å². The average molecular weight is 322 g/mol. The number of benzene rings is 1. The van der Waals surface area contributed by atoms with Crippen molar-refractivity contribution in [2.24, 2.45) is 0 Å². The fourth-order valence-corrected chi connectivity index (χ4v) is 2.43. The van der Waals surface area contributed by atoms with Crippen LogP contribution >= 0.6 is 11.6 Å². The van der Waals surface area contributed by atoms with E-state index in [0.29, 0.717) is 16.5 Å². The Morgan fingerprint density at radius 2 is 2.05 bits per heavy atom. The topological polar surface area (TPSA) is 60.2 Å². The van der Waals surface area contributed by atoms with Crippen LogP contribution in [0.5, 0.6) is 0 Å². The van der Waals surface area contributed by atoms with Gasteiger partial charge in [0.25, 0.3) is 0 Å². The van der Waals surface area contributed by atoms with Crippen molar-refractivity contribution in [1.82, 2.24) is 14.8 Å². The van der Waals surface area contributed by atoms with Gasteiger partial charge in [0.2, 0.25) is 0 Å². The van der Waals surface area contributed by atoms with Crippen molar-refractivity contribution in [2.75, 3.05) is 13.2 Å². The summed E-state index contributed by atoms with van der Waals surface area (Å²) < 4.78 is 20.1. The molecule has 0 saturated heterocycles. The highest BCUT2D eigenvalue weighted by molar-refractivity contribution is 6.30. The molecule has 3 aromatic rings. The Morgan fingerprint density at radius 3 is 2.77 bits per heavy atom. The third-order valence-corrected chi connectivity index (χ3v) is 3.33. The van der Waals surface area contributed by atoms with Crippen LogP contribution in [0, 0.1) is 5.82 Å². The Bertz CT molecular complexity index is 789. The maximum Gasteiger partial charge on any atom is 0.130 e. The van der Waals surface area contributed by atoms with Crippen LogP contribution in [0.15, 0.2) is 36.5 Å². The number of fused-ring (bicyclic) bond motifs is 1. The van der Waals surface area contributed by atoms with Gasteiger partial charge in [-0.3, -0.25) is 0 Å². The molecule has 22 heavy (non-hydrogen) atoms. The van der Waals surface area contributed by atoms with E-state index in [1.165, 1.54) is 12.1 Å². The van der Waals surface area contributed by atoms with E-state index in [1.807, 2.05) is 0 Å². The molecule has 3 rings (SSSR count). The van der Waals surface area contributed by atoms with Gasteiger partial charge in [-0.05, 0) is 30.3 Å². The van der Waals surface area contributed by atoms with Crippen LogP contribution in [0.1, 0.15) is 5.69 Å². The zero-order valence-electron chi connectivity index (χ0n) is 11.5. The van der Waals surface area contributed by atoms with E-state index in [2.05, 4.69) is 10.1 Å². The number of ether oxygens (including phenoxy) is 1. The summed E-state index contributed by atoms with van der Waals surface area (Å²) in [5.41, 5.74) is 2.07. The van der Waals surface area contributed by atoms with Gasteiger partial charge in [0.15, 0.2) is 0 Å². The summed E-state index contributed by atoms with van der Waals surface area (Å²) in [5.74, 6) is -0.312.